The molecule has 0 spiro atoms. The van der Waals surface area contributed by atoms with Crippen LogP contribution >= 0.6 is 0 Å². The van der Waals surface area contributed by atoms with Crippen LogP contribution in [0.4, 0.5) is 4.79 Å². The number of esters is 1. The Kier molecular flexibility index (Phi) is 6.61. The predicted molar refractivity (Wildman–Crippen MR) is 102 cm³/mol. The van der Waals surface area contributed by atoms with Gasteiger partial charge >= 0.3 is 12.1 Å². The number of carbonyl (C=O) groups excluding carboxylic acids is 2. The van der Waals surface area contributed by atoms with Crippen LogP contribution in [0.15, 0.2) is 42.6 Å². The lowest BCUT2D eigenvalue weighted by molar-refractivity contribution is -0.142. The highest BCUT2D eigenvalue weighted by Crippen LogP contribution is 2.23. The van der Waals surface area contributed by atoms with Gasteiger partial charge in [0.05, 0.1) is 18.5 Å². The molecule has 0 saturated carbocycles. The number of allylic oxidation sites excluding steroid dienone is 1. The van der Waals surface area contributed by atoms with E-state index in [2.05, 4.69) is 6.92 Å². The van der Waals surface area contributed by atoms with E-state index in [9.17, 15) is 9.59 Å². The second-order valence-electron chi connectivity index (χ2n) is 7.09. The number of carbonyl (C=O) groups is 2. The second kappa shape index (κ2) is 8.70. The van der Waals surface area contributed by atoms with E-state index >= 15 is 0 Å². The molecular formula is C21H27NO4. The molecule has 0 unspecified atom stereocenters. The Balaban J connectivity index is 2.14. The monoisotopic (exact) mass is 357 g/mol. The zero-order valence-corrected chi connectivity index (χ0v) is 16.0. The van der Waals surface area contributed by atoms with Crippen molar-refractivity contribution in [3.8, 4) is 0 Å². The van der Waals surface area contributed by atoms with Crippen molar-refractivity contribution < 1.29 is 19.1 Å². The van der Waals surface area contributed by atoms with Crippen molar-refractivity contribution in [3.05, 3.63) is 48.2 Å². The fraction of sp³-hybridized carbons (Fsp3) is 0.429. The van der Waals surface area contributed by atoms with E-state index in [-0.39, 0.29) is 12.4 Å². The molecule has 1 heterocycles. The van der Waals surface area contributed by atoms with Crippen LogP contribution in [0.1, 0.15) is 46.1 Å². The maximum atomic E-state index is 12.5. The van der Waals surface area contributed by atoms with Crippen molar-refractivity contribution >= 4 is 23.0 Å². The molecule has 0 N–H and O–H groups in total. The van der Waals surface area contributed by atoms with Crippen molar-refractivity contribution in [1.82, 2.24) is 4.57 Å². The lowest BCUT2D eigenvalue weighted by Crippen LogP contribution is -2.26. The molecule has 0 fully saturated rings. The minimum absolute atomic E-state index is 0.119. The van der Waals surface area contributed by atoms with Gasteiger partial charge in [-0.3, -0.25) is 9.36 Å². The number of rotatable bonds is 6. The number of para-hydroxylation sites is 1. The molecule has 0 bridgehead atoms. The average molecular weight is 357 g/mol. The molecule has 0 radical (unpaired) electrons. The summed E-state index contributed by atoms with van der Waals surface area (Å²) in [4.78, 5) is 24.6. The largest absolute Gasteiger partial charge is 0.465 e. The zero-order chi connectivity index (χ0) is 19.2. The molecule has 26 heavy (non-hydrogen) atoms. The van der Waals surface area contributed by atoms with Gasteiger partial charge in [-0.1, -0.05) is 37.3 Å². The van der Waals surface area contributed by atoms with E-state index in [1.54, 1.807) is 6.20 Å². The molecule has 2 aromatic rings. The summed E-state index contributed by atoms with van der Waals surface area (Å²) in [7, 11) is 0. The Hall–Kier alpha value is -2.56. The molecule has 0 aliphatic rings. The normalized spacial score (nSPS) is 11.8. The lowest BCUT2D eigenvalue weighted by Gasteiger charge is -2.19. The van der Waals surface area contributed by atoms with E-state index in [0.717, 1.165) is 22.9 Å². The molecular weight excluding hydrogens is 330 g/mol. The van der Waals surface area contributed by atoms with Crippen molar-refractivity contribution in [2.24, 2.45) is 0 Å². The summed E-state index contributed by atoms with van der Waals surface area (Å²) >= 11 is 0. The van der Waals surface area contributed by atoms with Crippen molar-refractivity contribution in [2.75, 3.05) is 6.61 Å². The Bertz CT molecular complexity index is 796. The quantitative estimate of drug-likeness (QED) is 0.420. The zero-order valence-electron chi connectivity index (χ0n) is 16.0. The van der Waals surface area contributed by atoms with Crippen LogP contribution in [0.3, 0.4) is 0 Å². The van der Waals surface area contributed by atoms with Gasteiger partial charge in [0.1, 0.15) is 5.60 Å². The van der Waals surface area contributed by atoms with Gasteiger partial charge in [0.15, 0.2) is 0 Å². The number of aromatic nitrogens is 1. The van der Waals surface area contributed by atoms with Gasteiger partial charge in [-0.2, -0.15) is 0 Å². The molecule has 0 saturated heterocycles. The van der Waals surface area contributed by atoms with Gasteiger partial charge < -0.3 is 9.47 Å². The van der Waals surface area contributed by atoms with Crippen molar-refractivity contribution in [3.63, 3.8) is 0 Å². The Labute approximate surface area is 154 Å². The Morgan fingerprint density at radius 3 is 2.58 bits per heavy atom. The first-order valence-electron chi connectivity index (χ1n) is 8.94. The van der Waals surface area contributed by atoms with Crippen LogP contribution in [0.25, 0.3) is 10.9 Å². The van der Waals surface area contributed by atoms with Crippen LogP contribution in [-0.4, -0.2) is 28.8 Å². The van der Waals surface area contributed by atoms with Gasteiger partial charge in [0.25, 0.3) is 0 Å². The highest BCUT2D eigenvalue weighted by atomic mass is 16.6. The Morgan fingerprint density at radius 2 is 1.88 bits per heavy atom. The fourth-order valence-corrected chi connectivity index (χ4v) is 2.59. The summed E-state index contributed by atoms with van der Waals surface area (Å²) in [5.41, 5.74) is 0.879. The number of fused-ring (bicyclic) bond motifs is 1. The Morgan fingerprint density at radius 1 is 1.15 bits per heavy atom. The van der Waals surface area contributed by atoms with Crippen LogP contribution in [0.2, 0.25) is 0 Å². The molecule has 1 aromatic heterocycles. The smallest absolute Gasteiger partial charge is 0.419 e. The molecule has 5 nitrogen and oxygen atoms in total. The molecule has 140 valence electrons. The summed E-state index contributed by atoms with van der Waals surface area (Å²) in [5.74, 6) is -0.304. The van der Waals surface area contributed by atoms with Crippen LogP contribution in [-0.2, 0) is 20.7 Å². The van der Waals surface area contributed by atoms with Crippen LogP contribution < -0.4 is 0 Å². The van der Waals surface area contributed by atoms with E-state index in [1.807, 2.05) is 57.2 Å². The number of hydrogen-bond donors (Lipinski definition) is 0. The summed E-state index contributed by atoms with van der Waals surface area (Å²) in [5, 5.41) is 0.848. The third kappa shape index (κ3) is 5.48. The van der Waals surface area contributed by atoms with Gasteiger partial charge in [0.2, 0.25) is 0 Å². The molecule has 0 atom stereocenters. The predicted octanol–water partition coefficient (Wildman–Crippen LogP) is 4.87. The van der Waals surface area contributed by atoms with E-state index in [4.69, 9.17) is 9.47 Å². The van der Waals surface area contributed by atoms with E-state index in [0.29, 0.717) is 13.0 Å². The summed E-state index contributed by atoms with van der Waals surface area (Å²) < 4.78 is 12.2. The first-order valence-corrected chi connectivity index (χ1v) is 8.94. The SMILES string of the molecule is CC/C=C/CCOC(=O)Cc1cn(C(=O)OC(C)(C)C)c2ccccc12. The highest BCUT2D eigenvalue weighted by molar-refractivity contribution is 5.94. The molecule has 1 aromatic carbocycles. The van der Waals surface area contributed by atoms with Gasteiger partial charge in [-0.05, 0) is 45.2 Å². The second-order valence-corrected chi connectivity index (χ2v) is 7.09. The topological polar surface area (TPSA) is 57.5 Å². The summed E-state index contributed by atoms with van der Waals surface area (Å²) in [6, 6.07) is 7.46. The average Bonchev–Trinajstić information content (AvgIpc) is 2.92. The maximum absolute atomic E-state index is 12.5. The van der Waals surface area contributed by atoms with Crippen LogP contribution in [0, 0.1) is 0 Å². The third-order valence-corrected chi connectivity index (χ3v) is 3.67. The first-order chi connectivity index (χ1) is 12.3. The van der Waals surface area contributed by atoms with E-state index in [1.165, 1.54) is 4.57 Å². The first kappa shape index (κ1) is 19.8. The standard InChI is InChI=1S/C21H27NO4/c1-5-6-7-10-13-25-19(23)14-16-15-22(20(24)26-21(2,3)4)18-12-9-8-11-17(16)18/h6-9,11-12,15H,5,10,13-14H2,1-4H3/b7-6+. The minimum atomic E-state index is -0.590. The number of ether oxygens (including phenoxy) is 2. The third-order valence-electron chi connectivity index (χ3n) is 3.67. The van der Waals surface area contributed by atoms with Crippen molar-refractivity contribution in [2.45, 2.75) is 52.6 Å². The van der Waals surface area contributed by atoms with E-state index < -0.39 is 11.7 Å². The molecule has 0 aliphatic heterocycles. The molecule has 0 aliphatic carbocycles. The number of hydrogen-bond acceptors (Lipinski definition) is 4. The van der Waals surface area contributed by atoms with Gasteiger partial charge in [0, 0.05) is 11.6 Å². The maximum Gasteiger partial charge on any atom is 0.419 e. The molecule has 2 rings (SSSR count). The van der Waals surface area contributed by atoms with Crippen LogP contribution in [0.5, 0.6) is 0 Å². The van der Waals surface area contributed by atoms with Gasteiger partial charge in [-0.25, -0.2) is 4.79 Å². The summed E-state index contributed by atoms with van der Waals surface area (Å²) in [6.07, 6.45) is 7.05. The highest BCUT2D eigenvalue weighted by Gasteiger charge is 2.21. The van der Waals surface area contributed by atoms with Gasteiger partial charge in [-0.15, -0.1) is 0 Å². The summed E-state index contributed by atoms with van der Waals surface area (Å²) in [6.45, 7) is 7.88. The minimum Gasteiger partial charge on any atom is -0.465 e. The fourth-order valence-electron chi connectivity index (χ4n) is 2.59. The molecule has 0 amide bonds. The number of nitrogens with zero attached hydrogens (tertiary/aromatic N) is 1. The lowest BCUT2D eigenvalue weighted by atomic mass is 10.1. The van der Waals surface area contributed by atoms with Crippen molar-refractivity contribution in [1.29, 1.82) is 0 Å². The molecule has 5 heteroatoms. The number of benzene rings is 1.